The molecule has 0 amide bonds. The lowest BCUT2D eigenvalue weighted by atomic mass is 10.1. The van der Waals surface area contributed by atoms with Crippen LogP contribution in [0, 0.1) is 11.6 Å². The van der Waals surface area contributed by atoms with Gasteiger partial charge in [0.1, 0.15) is 11.6 Å². The third kappa shape index (κ3) is 3.28. The van der Waals surface area contributed by atoms with E-state index in [0.717, 1.165) is 17.7 Å². The minimum Gasteiger partial charge on any atom is -0.454 e. The van der Waals surface area contributed by atoms with E-state index in [1.54, 1.807) is 0 Å². The first-order valence-electron chi connectivity index (χ1n) is 7.31. The minimum absolute atomic E-state index is 0.0213. The molecule has 0 radical (unpaired) electrons. The SMILES string of the molecule is CC(NCC(O)c1c(F)cccc1F)c1ccc2c(c1)OCO2. The monoisotopic (exact) mass is 321 g/mol. The zero-order valence-corrected chi connectivity index (χ0v) is 12.6. The van der Waals surface area contributed by atoms with Crippen molar-refractivity contribution in [3.05, 3.63) is 59.2 Å². The highest BCUT2D eigenvalue weighted by atomic mass is 19.1. The van der Waals surface area contributed by atoms with Crippen molar-refractivity contribution in [2.24, 2.45) is 0 Å². The summed E-state index contributed by atoms with van der Waals surface area (Å²) in [7, 11) is 0. The van der Waals surface area contributed by atoms with Crippen LogP contribution in [0.1, 0.15) is 30.2 Å². The van der Waals surface area contributed by atoms with Crippen LogP contribution in [0.15, 0.2) is 36.4 Å². The van der Waals surface area contributed by atoms with Gasteiger partial charge in [-0.25, -0.2) is 8.78 Å². The summed E-state index contributed by atoms with van der Waals surface area (Å²) in [5, 5.41) is 13.1. The highest BCUT2D eigenvalue weighted by Gasteiger charge is 2.20. The molecule has 0 aromatic heterocycles. The second kappa shape index (κ2) is 6.52. The van der Waals surface area contributed by atoms with Crippen molar-refractivity contribution < 1.29 is 23.4 Å². The molecule has 23 heavy (non-hydrogen) atoms. The molecule has 6 heteroatoms. The zero-order valence-electron chi connectivity index (χ0n) is 12.6. The Kier molecular flexibility index (Phi) is 4.45. The van der Waals surface area contributed by atoms with Crippen LogP contribution >= 0.6 is 0 Å². The van der Waals surface area contributed by atoms with E-state index in [-0.39, 0.29) is 24.9 Å². The summed E-state index contributed by atoms with van der Waals surface area (Å²) in [6, 6.07) is 8.92. The normalized spacial score (nSPS) is 15.5. The highest BCUT2D eigenvalue weighted by Crippen LogP contribution is 2.34. The maximum Gasteiger partial charge on any atom is 0.231 e. The number of benzene rings is 2. The van der Waals surface area contributed by atoms with Crippen molar-refractivity contribution in [3.8, 4) is 11.5 Å². The molecule has 1 heterocycles. The molecule has 0 saturated carbocycles. The molecule has 2 N–H and O–H groups in total. The van der Waals surface area contributed by atoms with E-state index in [1.165, 1.54) is 6.07 Å². The molecule has 0 bridgehead atoms. The van der Waals surface area contributed by atoms with E-state index in [1.807, 2.05) is 25.1 Å². The van der Waals surface area contributed by atoms with Crippen LogP contribution in [0.5, 0.6) is 11.5 Å². The van der Waals surface area contributed by atoms with Crippen LogP contribution in [-0.2, 0) is 0 Å². The number of nitrogens with one attached hydrogen (secondary N) is 1. The Morgan fingerprint density at radius 1 is 1.13 bits per heavy atom. The van der Waals surface area contributed by atoms with Gasteiger partial charge in [0.25, 0.3) is 0 Å². The molecule has 0 fully saturated rings. The van der Waals surface area contributed by atoms with Crippen molar-refractivity contribution in [1.82, 2.24) is 5.32 Å². The van der Waals surface area contributed by atoms with E-state index in [9.17, 15) is 13.9 Å². The topological polar surface area (TPSA) is 50.7 Å². The largest absolute Gasteiger partial charge is 0.454 e. The minimum atomic E-state index is -1.27. The molecule has 122 valence electrons. The van der Waals surface area contributed by atoms with Crippen molar-refractivity contribution >= 4 is 0 Å². The first kappa shape index (κ1) is 15.7. The lowest BCUT2D eigenvalue weighted by molar-refractivity contribution is 0.161. The Labute approximate surface area is 132 Å². The molecule has 2 atom stereocenters. The summed E-state index contributed by atoms with van der Waals surface area (Å²) in [5.74, 6) is -0.156. The third-order valence-corrected chi connectivity index (χ3v) is 3.85. The Bertz CT molecular complexity index is 688. The molecule has 0 saturated heterocycles. The average Bonchev–Trinajstić information content (AvgIpc) is 3.00. The Morgan fingerprint density at radius 3 is 2.57 bits per heavy atom. The van der Waals surface area contributed by atoms with Crippen molar-refractivity contribution in [2.75, 3.05) is 13.3 Å². The van der Waals surface area contributed by atoms with E-state index in [0.29, 0.717) is 11.5 Å². The highest BCUT2D eigenvalue weighted by molar-refractivity contribution is 5.45. The van der Waals surface area contributed by atoms with Gasteiger partial charge < -0.3 is 19.9 Å². The summed E-state index contributed by atoms with van der Waals surface area (Å²) >= 11 is 0. The number of ether oxygens (including phenoxy) is 2. The molecular weight excluding hydrogens is 304 g/mol. The molecule has 3 rings (SSSR count). The number of halogens is 2. The summed E-state index contributed by atoms with van der Waals surface area (Å²) < 4.78 is 37.8. The first-order chi connectivity index (χ1) is 11.1. The van der Waals surface area contributed by atoms with Crippen LogP contribution in [0.4, 0.5) is 8.78 Å². The molecule has 0 spiro atoms. The van der Waals surface area contributed by atoms with Gasteiger partial charge in [-0.05, 0) is 36.8 Å². The molecule has 0 aliphatic carbocycles. The van der Waals surface area contributed by atoms with Gasteiger partial charge in [0.2, 0.25) is 6.79 Å². The maximum atomic E-state index is 13.6. The fourth-order valence-corrected chi connectivity index (χ4v) is 2.52. The molecule has 1 aliphatic heterocycles. The Balaban J connectivity index is 1.66. The summed E-state index contributed by atoms with van der Waals surface area (Å²) in [4.78, 5) is 0. The third-order valence-electron chi connectivity index (χ3n) is 3.85. The molecule has 2 aromatic carbocycles. The molecule has 1 aliphatic rings. The summed E-state index contributed by atoms with van der Waals surface area (Å²) in [6.45, 7) is 2.11. The Hall–Kier alpha value is -2.18. The number of hydrogen-bond donors (Lipinski definition) is 2. The summed E-state index contributed by atoms with van der Waals surface area (Å²) in [6.07, 6.45) is -1.27. The number of rotatable bonds is 5. The van der Waals surface area contributed by atoms with Gasteiger partial charge in [0, 0.05) is 12.6 Å². The van der Waals surface area contributed by atoms with E-state index in [2.05, 4.69) is 5.32 Å². The van der Waals surface area contributed by atoms with E-state index >= 15 is 0 Å². The van der Waals surface area contributed by atoms with Gasteiger partial charge in [-0.1, -0.05) is 12.1 Å². The lowest BCUT2D eigenvalue weighted by Crippen LogP contribution is -2.25. The van der Waals surface area contributed by atoms with Gasteiger partial charge in [-0.2, -0.15) is 0 Å². The second-order valence-electron chi connectivity index (χ2n) is 5.39. The first-order valence-corrected chi connectivity index (χ1v) is 7.31. The fourth-order valence-electron chi connectivity index (χ4n) is 2.52. The van der Waals surface area contributed by atoms with Gasteiger partial charge in [-0.15, -0.1) is 0 Å². The molecule has 2 aromatic rings. The zero-order chi connectivity index (χ0) is 16.4. The van der Waals surface area contributed by atoms with Crippen LogP contribution in [-0.4, -0.2) is 18.4 Å². The number of aliphatic hydroxyl groups excluding tert-OH is 1. The van der Waals surface area contributed by atoms with Gasteiger partial charge >= 0.3 is 0 Å². The molecular formula is C17H17F2NO3. The van der Waals surface area contributed by atoms with Crippen LogP contribution in [0.3, 0.4) is 0 Å². The van der Waals surface area contributed by atoms with Crippen molar-refractivity contribution in [3.63, 3.8) is 0 Å². The van der Waals surface area contributed by atoms with Crippen LogP contribution in [0.25, 0.3) is 0 Å². The predicted octanol–water partition coefficient (Wildman–Crippen LogP) is 3.08. The lowest BCUT2D eigenvalue weighted by Gasteiger charge is -2.18. The van der Waals surface area contributed by atoms with E-state index in [4.69, 9.17) is 9.47 Å². The molecule has 4 nitrogen and oxygen atoms in total. The number of aliphatic hydroxyl groups is 1. The van der Waals surface area contributed by atoms with Crippen molar-refractivity contribution in [1.29, 1.82) is 0 Å². The van der Waals surface area contributed by atoms with Crippen molar-refractivity contribution in [2.45, 2.75) is 19.1 Å². The standard InChI is InChI=1S/C17H17F2NO3/c1-10(11-5-6-15-16(7-11)23-9-22-15)20-8-14(21)17-12(18)3-2-4-13(17)19/h2-7,10,14,20-21H,8-9H2,1H3. The van der Waals surface area contributed by atoms with Gasteiger partial charge in [-0.3, -0.25) is 0 Å². The molecule has 2 unspecified atom stereocenters. The Morgan fingerprint density at radius 2 is 1.83 bits per heavy atom. The van der Waals surface area contributed by atoms with Crippen LogP contribution < -0.4 is 14.8 Å². The summed E-state index contributed by atoms with van der Waals surface area (Å²) in [5.41, 5.74) is 0.605. The fraction of sp³-hybridized carbons (Fsp3) is 0.294. The maximum absolute atomic E-state index is 13.6. The quantitative estimate of drug-likeness (QED) is 0.888. The van der Waals surface area contributed by atoms with Crippen LogP contribution in [0.2, 0.25) is 0 Å². The number of fused-ring (bicyclic) bond motifs is 1. The van der Waals surface area contributed by atoms with Gasteiger partial charge in [0.15, 0.2) is 11.5 Å². The number of hydrogen-bond acceptors (Lipinski definition) is 4. The second-order valence-corrected chi connectivity index (χ2v) is 5.39. The smallest absolute Gasteiger partial charge is 0.231 e. The average molecular weight is 321 g/mol. The van der Waals surface area contributed by atoms with E-state index < -0.39 is 17.7 Å². The van der Waals surface area contributed by atoms with Gasteiger partial charge in [0.05, 0.1) is 11.7 Å². The predicted molar refractivity (Wildman–Crippen MR) is 80.3 cm³/mol.